The second kappa shape index (κ2) is 10.0. The van der Waals surface area contributed by atoms with Gasteiger partial charge in [-0.3, -0.25) is 14.6 Å². The first-order valence-corrected chi connectivity index (χ1v) is 11.7. The molecule has 4 aromatic rings. The molecule has 1 saturated heterocycles. The predicted octanol–water partition coefficient (Wildman–Crippen LogP) is 2.09. The van der Waals surface area contributed by atoms with Gasteiger partial charge < -0.3 is 20.7 Å². The van der Waals surface area contributed by atoms with Crippen molar-refractivity contribution in [2.24, 2.45) is 0 Å². The van der Waals surface area contributed by atoms with E-state index in [4.69, 9.17) is 10.5 Å². The average molecular weight is 559 g/mol. The fourth-order valence-electron chi connectivity index (χ4n) is 4.45. The first-order valence-electron chi connectivity index (χ1n) is 11.7. The predicted molar refractivity (Wildman–Crippen MR) is 131 cm³/mol. The Morgan fingerprint density at radius 2 is 1.93 bits per heavy atom. The highest BCUT2D eigenvalue weighted by Crippen LogP contribution is 2.39. The van der Waals surface area contributed by atoms with Gasteiger partial charge in [-0.05, 0) is 19.1 Å². The molecular formula is C24H21F4N9O3. The number of alkyl halides is 4. The molecule has 16 heteroatoms. The second-order valence-corrected chi connectivity index (χ2v) is 8.98. The molecule has 0 aromatic carbocycles. The number of nitrogens with two attached hydrogens (primary N) is 1. The van der Waals surface area contributed by atoms with Gasteiger partial charge in [0.15, 0.2) is 5.82 Å². The Balaban J connectivity index is 1.43. The van der Waals surface area contributed by atoms with Crippen molar-refractivity contribution in [3.63, 3.8) is 0 Å². The van der Waals surface area contributed by atoms with Gasteiger partial charge in [-0.25, -0.2) is 23.9 Å². The van der Waals surface area contributed by atoms with Crippen LogP contribution < -0.4 is 15.8 Å². The van der Waals surface area contributed by atoms with E-state index in [2.05, 4.69) is 30.4 Å². The van der Waals surface area contributed by atoms with E-state index in [9.17, 15) is 27.2 Å². The van der Waals surface area contributed by atoms with E-state index in [-0.39, 0.29) is 47.3 Å². The molecule has 5 heterocycles. The lowest BCUT2D eigenvalue weighted by molar-refractivity contribution is -0.136. The molecule has 0 bridgehead atoms. The number of halogens is 4. The minimum Gasteiger partial charge on any atom is -0.480 e. The number of rotatable bonds is 5. The molecule has 1 aliphatic heterocycles. The summed E-state index contributed by atoms with van der Waals surface area (Å²) in [6, 6.07) is 0.980. The highest BCUT2D eigenvalue weighted by molar-refractivity contribution is 5.98. The SMILES string of the molecule is COc1ncc(-c2cc(C(F)(F)F)c3c(N)ncnn23)cc1C(=O)N[C@@H]1CN(C(=O)c2cncc(C)n2)C[C@@H]1F. The van der Waals surface area contributed by atoms with E-state index in [0.29, 0.717) is 5.69 Å². The van der Waals surface area contributed by atoms with Crippen LogP contribution in [0.3, 0.4) is 0 Å². The second-order valence-electron chi connectivity index (χ2n) is 8.98. The van der Waals surface area contributed by atoms with Gasteiger partial charge in [0.25, 0.3) is 11.8 Å². The van der Waals surface area contributed by atoms with E-state index in [1.165, 1.54) is 36.7 Å². The number of carbonyl (C=O) groups excluding carboxylic acids is 2. The number of nitrogens with one attached hydrogen (secondary N) is 1. The highest BCUT2D eigenvalue weighted by Gasteiger charge is 2.39. The Morgan fingerprint density at radius 3 is 2.62 bits per heavy atom. The van der Waals surface area contributed by atoms with Crippen LogP contribution in [0, 0.1) is 6.92 Å². The lowest BCUT2D eigenvalue weighted by atomic mass is 10.1. The average Bonchev–Trinajstić information content (AvgIpc) is 3.49. The van der Waals surface area contributed by atoms with Gasteiger partial charge >= 0.3 is 6.18 Å². The third kappa shape index (κ3) is 4.83. The molecule has 0 saturated carbocycles. The summed E-state index contributed by atoms with van der Waals surface area (Å²) in [7, 11) is 1.25. The van der Waals surface area contributed by atoms with E-state index in [1.807, 2.05) is 0 Å². The van der Waals surface area contributed by atoms with Crippen molar-refractivity contribution >= 4 is 23.1 Å². The summed E-state index contributed by atoms with van der Waals surface area (Å²) in [5, 5.41) is 6.41. The third-order valence-electron chi connectivity index (χ3n) is 6.30. The Labute approximate surface area is 223 Å². The maximum Gasteiger partial charge on any atom is 0.418 e. The van der Waals surface area contributed by atoms with Gasteiger partial charge in [0, 0.05) is 24.5 Å². The quantitative estimate of drug-likeness (QED) is 0.350. The fraction of sp³-hybridized carbons (Fsp3) is 0.292. The Kier molecular flexibility index (Phi) is 6.69. The number of anilines is 1. The van der Waals surface area contributed by atoms with Crippen LogP contribution >= 0.6 is 0 Å². The summed E-state index contributed by atoms with van der Waals surface area (Å²) in [6.07, 6.45) is -1.44. The topological polar surface area (TPSA) is 154 Å². The standard InChI is InChI=1S/C24H21F4N9O3/c1-11-5-30-7-16(34-11)23(39)36-8-15(25)17(9-36)35-21(38)13-3-12(6-31-22(13)40-2)18-4-14(24(26,27)28)19-20(29)32-10-33-37(18)19/h3-7,10,15,17H,8-9H2,1-2H3,(H,35,38)(H2,29,32,33)/t15-,17+/m0/s1. The summed E-state index contributed by atoms with van der Waals surface area (Å²) < 4.78 is 62.2. The van der Waals surface area contributed by atoms with Crippen LogP contribution in [-0.2, 0) is 6.18 Å². The van der Waals surface area contributed by atoms with Gasteiger partial charge in [0.1, 0.15) is 29.3 Å². The number of likely N-dealkylation sites (tertiary alicyclic amines) is 1. The number of aryl methyl sites for hydroxylation is 1. The summed E-state index contributed by atoms with van der Waals surface area (Å²) in [5.41, 5.74) is 4.57. The highest BCUT2D eigenvalue weighted by atomic mass is 19.4. The van der Waals surface area contributed by atoms with Crippen LogP contribution in [0.25, 0.3) is 16.8 Å². The molecule has 0 aliphatic carbocycles. The van der Waals surface area contributed by atoms with Crippen LogP contribution in [0.1, 0.15) is 32.1 Å². The molecule has 0 radical (unpaired) electrons. The van der Waals surface area contributed by atoms with Crippen molar-refractivity contribution < 1.29 is 31.9 Å². The van der Waals surface area contributed by atoms with Gasteiger partial charge in [-0.15, -0.1) is 0 Å². The monoisotopic (exact) mass is 559 g/mol. The maximum absolute atomic E-state index is 14.9. The first-order chi connectivity index (χ1) is 19.0. The number of hydrogen-bond donors (Lipinski definition) is 2. The van der Waals surface area contributed by atoms with Gasteiger partial charge in [-0.1, -0.05) is 0 Å². The van der Waals surface area contributed by atoms with Crippen molar-refractivity contribution in [3.05, 3.63) is 59.6 Å². The van der Waals surface area contributed by atoms with Gasteiger partial charge in [0.2, 0.25) is 5.88 Å². The first kappa shape index (κ1) is 26.7. The number of carbonyl (C=O) groups is 2. The number of fused-ring (bicyclic) bond motifs is 1. The molecule has 40 heavy (non-hydrogen) atoms. The van der Waals surface area contributed by atoms with E-state index >= 15 is 0 Å². The molecule has 5 rings (SSSR count). The van der Waals surface area contributed by atoms with Crippen molar-refractivity contribution in [3.8, 4) is 17.1 Å². The van der Waals surface area contributed by atoms with Gasteiger partial charge in [0.05, 0.1) is 42.8 Å². The normalized spacial score (nSPS) is 17.3. The van der Waals surface area contributed by atoms with Crippen molar-refractivity contribution in [2.45, 2.75) is 25.3 Å². The van der Waals surface area contributed by atoms with Crippen LogP contribution in [-0.4, -0.2) is 78.7 Å². The number of ether oxygens (including phenoxy) is 1. The summed E-state index contributed by atoms with van der Waals surface area (Å²) in [6.45, 7) is 1.23. The maximum atomic E-state index is 14.9. The molecule has 3 N–H and O–H groups in total. The number of hydrogen-bond acceptors (Lipinski definition) is 9. The zero-order valence-electron chi connectivity index (χ0n) is 21.0. The van der Waals surface area contributed by atoms with Crippen molar-refractivity contribution in [1.82, 2.24) is 39.8 Å². The number of amides is 2. The third-order valence-corrected chi connectivity index (χ3v) is 6.30. The smallest absolute Gasteiger partial charge is 0.418 e. The molecular weight excluding hydrogens is 538 g/mol. The summed E-state index contributed by atoms with van der Waals surface area (Å²) in [5.74, 6) is -1.89. The van der Waals surface area contributed by atoms with Crippen molar-refractivity contribution in [2.75, 3.05) is 25.9 Å². The van der Waals surface area contributed by atoms with Crippen molar-refractivity contribution in [1.29, 1.82) is 0 Å². The molecule has 0 unspecified atom stereocenters. The molecule has 1 fully saturated rings. The van der Waals surface area contributed by atoms with Crippen LogP contribution in [0.2, 0.25) is 0 Å². The molecule has 2 atom stereocenters. The lowest BCUT2D eigenvalue weighted by Gasteiger charge is -2.17. The lowest BCUT2D eigenvalue weighted by Crippen LogP contribution is -2.42. The fourth-order valence-corrected chi connectivity index (χ4v) is 4.45. The number of nitrogens with zero attached hydrogens (tertiary/aromatic N) is 7. The molecule has 12 nitrogen and oxygen atoms in total. The number of aromatic nitrogens is 6. The van der Waals surface area contributed by atoms with Crippen LogP contribution in [0.4, 0.5) is 23.4 Å². The minimum atomic E-state index is -4.77. The van der Waals surface area contributed by atoms with Crippen LogP contribution in [0.5, 0.6) is 5.88 Å². The number of nitrogen functional groups attached to an aromatic ring is 1. The van der Waals surface area contributed by atoms with E-state index in [0.717, 1.165) is 16.9 Å². The van der Waals surface area contributed by atoms with Gasteiger partial charge in [-0.2, -0.15) is 18.3 Å². The zero-order chi connectivity index (χ0) is 28.8. The molecule has 2 amide bonds. The number of pyridine rings is 1. The Morgan fingerprint density at radius 1 is 1.15 bits per heavy atom. The Hall–Kier alpha value is -4.89. The zero-order valence-corrected chi connectivity index (χ0v) is 21.0. The molecule has 1 aliphatic rings. The minimum absolute atomic E-state index is 0.0415. The number of methoxy groups -OCH3 is 1. The molecule has 4 aromatic heterocycles. The molecule has 0 spiro atoms. The van der Waals surface area contributed by atoms with E-state index in [1.54, 1.807) is 6.92 Å². The summed E-state index contributed by atoms with van der Waals surface area (Å²) in [4.78, 5) is 42.9. The Bertz CT molecular complexity index is 1630. The largest absolute Gasteiger partial charge is 0.480 e. The molecule has 208 valence electrons. The van der Waals surface area contributed by atoms with Crippen LogP contribution in [0.15, 0.2) is 37.1 Å². The summed E-state index contributed by atoms with van der Waals surface area (Å²) >= 11 is 0. The van der Waals surface area contributed by atoms with E-state index < -0.39 is 41.3 Å².